The minimum Gasteiger partial charge on any atom is -0.369 e. The topological polar surface area (TPSA) is 43.8 Å². The van der Waals surface area contributed by atoms with Crippen LogP contribution in [0.2, 0.25) is 10.0 Å². The Bertz CT molecular complexity index is 827. The van der Waals surface area contributed by atoms with E-state index in [1.807, 2.05) is 25.1 Å². The summed E-state index contributed by atoms with van der Waals surface area (Å²) < 4.78 is 15.1. The van der Waals surface area contributed by atoms with Crippen LogP contribution in [0.25, 0.3) is 16.7 Å². The summed E-state index contributed by atoms with van der Waals surface area (Å²) in [6, 6.07) is 8.33. The SMILES string of the molecule is Cc1ccc(-n2c(N)nc3cc(F)c(Cl)cc32)c(Cl)c1. The van der Waals surface area contributed by atoms with Crippen molar-refractivity contribution < 1.29 is 4.39 Å². The Hall–Kier alpha value is -1.78. The van der Waals surface area contributed by atoms with Gasteiger partial charge in [0.15, 0.2) is 0 Å². The van der Waals surface area contributed by atoms with E-state index in [-0.39, 0.29) is 11.0 Å². The molecule has 3 rings (SSSR count). The predicted molar refractivity (Wildman–Crippen MR) is 80.2 cm³/mol. The Kier molecular flexibility index (Phi) is 3.07. The summed E-state index contributed by atoms with van der Waals surface area (Å²) in [5, 5.41) is 0.554. The zero-order valence-electron chi connectivity index (χ0n) is 10.5. The number of rotatable bonds is 1. The second-order valence-electron chi connectivity index (χ2n) is 4.52. The maximum Gasteiger partial charge on any atom is 0.205 e. The number of aromatic nitrogens is 2. The molecule has 0 unspecified atom stereocenters. The summed E-state index contributed by atoms with van der Waals surface area (Å²) in [6.45, 7) is 1.94. The Morgan fingerprint density at radius 3 is 2.60 bits per heavy atom. The molecule has 2 aromatic carbocycles. The molecule has 0 aliphatic rings. The van der Waals surface area contributed by atoms with Crippen LogP contribution in [0.5, 0.6) is 0 Å². The van der Waals surface area contributed by atoms with E-state index < -0.39 is 5.82 Å². The molecule has 0 saturated heterocycles. The van der Waals surface area contributed by atoms with Gasteiger partial charge in [0.2, 0.25) is 5.95 Å². The number of halogens is 3. The van der Waals surface area contributed by atoms with Gasteiger partial charge in [-0.25, -0.2) is 9.37 Å². The van der Waals surface area contributed by atoms with Crippen molar-refractivity contribution in [1.82, 2.24) is 9.55 Å². The molecule has 0 aliphatic carbocycles. The quantitative estimate of drug-likeness (QED) is 0.725. The molecule has 20 heavy (non-hydrogen) atoms. The smallest absolute Gasteiger partial charge is 0.205 e. The lowest BCUT2D eigenvalue weighted by molar-refractivity contribution is 0.630. The van der Waals surface area contributed by atoms with Crippen LogP contribution in [-0.4, -0.2) is 9.55 Å². The van der Waals surface area contributed by atoms with Gasteiger partial charge in [-0.15, -0.1) is 0 Å². The first-order valence-corrected chi connectivity index (χ1v) is 6.62. The van der Waals surface area contributed by atoms with Crippen LogP contribution < -0.4 is 5.73 Å². The number of hydrogen-bond donors (Lipinski definition) is 1. The fraction of sp³-hybridized carbons (Fsp3) is 0.0714. The van der Waals surface area contributed by atoms with Crippen molar-refractivity contribution in [2.75, 3.05) is 5.73 Å². The molecule has 102 valence electrons. The second kappa shape index (κ2) is 4.65. The van der Waals surface area contributed by atoms with Gasteiger partial charge in [-0.2, -0.15) is 0 Å². The molecule has 0 amide bonds. The second-order valence-corrected chi connectivity index (χ2v) is 5.33. The minimum absolute atomic E-state index is 0.0156. The summed E-state index contributed by atoms with van der Waals surface area (Å²) in [5.74, 6) is -0.300. The Morgan fingerprint density at radius 1 is 1.15 bits per heavy atom. The highest BCUT2D eigenvalue weighted by Gasteiger charge is 2.15. The molecule has 0 aliphatic heterocycles. The molecule has 0 bridgehead atoms. The van der Waals surface area contributed by atoms with Gasteiger partial charge in [0.1, 0.15) is 5.82 Å². The summed E-state index contributed by atoms with van der Waals surface area (Å²) in [6.07, 6.45) is 0. The Morgan fingerprint density at radius 2 is 1.90 bits per heavy atom. The first-order chi connectivity index (χ1) is 9.47. The van der Waals surface area contributed by atoms with Gasteiger partial charge in [0, 0.05) is 6.07 Å². The molecular formula is C14H10Cl2FN3. The van der Waals surface area contributed by atoms with E-state index in [9.17, 15) is 4.39 Å². The molecule has 2 N–H and O–H groups in total. The number of anilines is 1. The number of aryl methyl sites for hydroxylation is 1. The molecule has 6 heteroatoms. The number of benzene rings is 2. The lowest BCUT2D eigenvalue weighted by Gasteiger charge is -2.09. The summed E-state index contributed by atoms with van der Waals surface area (Å²) in [4.78, 5) is 4.14. The first-order valence-electron chi connectivity index (χ1n) is 5.87. The first kappa shape index (κ1) is 13.2. The monoisotopic (exact) mass is 309 g/mol. The fourth-order valence-corrected chi connectivity index (χ4v) is 2.62. The van der Waals surface area contributed by atoms with Gasteiger partial charge in [-0.05, 0) is 30.7 Å². The Balaban J connectivity index is 2.35. The third-order valence-corrected chi connectivity index (χ3v) is 3.66. The maximum absolute atomic E-state index is 13.5. The van der Waals surface area contributed by atoms with Crippen LogP contribution in [0.4, 0.5) is 10.3 Å². The van der Waals surface area contributed by atoms with E-state index in [4.69, 9.17) is 28.9 Å². The van der Waals surface area contributed by atoms with Crippen molar-refractivity contribution in [3.8, 4) is 5.69 Å². The molecule has 0 spiro atoms. The van der Waals surface area contributed by atoms with Gasteiger partial charge in [0.05, 0.1) is 26.8 Å². The largest absolute Gasteiger partial charge is 0.369 e. The average Bonchev–Trinajstić information content (AvgIpc) is 2.66. The fourth-order valence-electron chi connectivity index (χ4n) is 2.14. The van der Waals surface area contributed by atoms with Crippen LogP contribution in [0.3, 0.4) is 0 Å². The lowest BCUT2D eigenvalue weighted by Crippen LogP contribution is -2.01. The highest BCUT2D eigenvalue weighted by Crippen LogP contribution is 2.31. The van der Waals surface area contributed by atoms with Crippen molar-refractivity contribution in [2.45, 2.75) is 6.92 Å². The van der Waals surface area contributed by atoms with Crippen molar-refractivity contribution in [2.24, 2.45) is 0 Å². The zero-order chi connectivity index (χ0) is 14.4. The molecule has 0 atom stereocenters. The van der Waals surface area contributed by atoms with Crippen LogP contribution in [0.15, 0.2) is 30.3 Å². The van der Waals surface area contributed by atoms with Gasteiger partial charge >= 0.3 is 0 Å². The van der Waals surface area contributed by atoms with E-state index in [1.54, 1.807) is 4.57 Å². The van der Waals surface area contributed by atoms with Gasteiger partial charge < -0.3 is 5.73 Å². The lowest BCUT2D eigenvalue weighted by atomic mass is 10.2. The number of nitrogen functional groups attached to an aromatic ring is 1. The van der Waals surface area contributed by atoms with E-state index >= 15 is 0 Å². The predicted octanol–water partition coefficient (Wildman–Crippen LogP) is 4.36. The summed E-state index contributed by atoms with van der Waals surface area (Å²) in [7, 11) is 0. The van der Waals surface area contributed by atoms with Gasteiger partial charge in [-0.3, -0.25) is 4.57 Å². The minimum atomic E-state index is -0.529. The summed E-state index contributed by atoms with van der Waals surface area (Å²) in [5.41, 5.74) is 8.68. The maximum atomic E-state index is 13.5. The van der Waals surface area contributed by atoms with Gasteiger partial charge in [-0.1, -0.05) is 29.3 Å². The Labute approximate surface area is 124 Å². The molecule has 3 aromatic rings. The van der Waals surface area contributed by atoms with E-state index in [0.29, 0.717) is 21.7 Å². The standard InChI is InChI=1S/C14H10Cl2FN3/c1-7-2-3-12(9(16)4-7)20-13-5-8(15)10(17)6-11(13)19-14(20)18/h2-6H,1H3,(H2,18,19). The molecular weight excluding hydrogens is 300 g/mol. The highest BCUT2D eigenvalue weighted by molar-refractivity contribution is 6.33. The number of nitrogens with zero attached hydrogens (tertiary/aromatic N) is 2. The zero-order valence-corrected chi connectivity index (χ0v) is 12.0. The number of hydrogen-bond acceptors (Lipinski definition) is 2. The van der Waals surface area contributed by atoms with Crippen molar-refractivity contribution in [3.05, 3.63) is 51.8 Å². The van der Waals surface area contributed by atoms with Crippen LogP contribution in [0.1, 0.15) is 5.56 Å². The van der Waals surface area contributed by atoms with Crippen molar-refractivity contribution in [1.29, 1.82) is 0 Å². The van der Waals surface area contributed by atoms with Crippen LogP contribution >= 0.6 is 23.2 Å². The molecule has 0 fully saturated rings. The van der Waals surface area contributed by atoms with Crippen molar-refractivity contribution in [3.63, 3.8) is 0 Å². The molecule has 1 aromatic heterocycles. The number of imidazole rings is 1. The summed E-state index contributed by atoms with van der Waals surface area (Å²) >= 11 is 12.1. The van der Waals surface area contributed by atoms with E-state index in [2.05, 4.69) is 4.98 Å². The highest BCUT2D eigenvalue weighted by atomic mass is 35.5. The molecule has 1 heterocycles. The van der Waals surface area contributed by atoms with Crippen LogP contribution in [0, 0.1) is 12.7 Å². The normalized spacial score (nSPS) is 11.2. The van der Waals surface area contributed by atoms with Crippen molar-refractivity contribution >= 4 is 40.2 Å². The van der Waals surface area contributed by atoms with Gasteiger partial charge in [0.25, 0.3) is 0 Å². The third-order valence-electron chi connectivity index (χ3n) is 3.07. The average molecular weight is 310 g/mol. The molecule has 0 radical (unpaired) electrons. The van der Waals surface area contributed by atoms with Crippen LogP contribution in [-0.2, 0) is 0 Å². The van der Waals surface area contributed by atoms with E-state index in [0.717, 1.165) is 5.56 Å². The van der Waals surface area contributed by atoms with E-state index in [1.165, 1.54) is 12.1 Å². The third kappa shape index (κ3) is 2.01. The molecule has 3 nitrogen and oxygen atoms in total. The number of fused-ring (bicyclic) bond motifs is 1. The number of nitrogens with two attached hydrogens (primary N) is 1. The molecule has 0 saturated carbocycles.